The molecule has 1 heterocycles. The highest BCUT2D eigenvalue weighted by atomic mass is 32.1. The van der Waals surface area contributed by atoms with Gasteiger partial charge >= 0.3 is 0 Å². The molecule has 0 aromatic rings. The Morgan fingerprint density at radius 1 is 1.44 bits per heavy atom. The first-order chi connectivity index (χ1) is 8.49. The van der Waals surface area contributed by atoms with Crippen LogP contribution in [0.1, 0.15) is 26.7 Å². The number of thiocarbonyl (C=S) groups is 1. The predicted molar refractivity (Wildman–Crippen MR) is 75.5 cm³/mol. The first-order valence-electron chi connectivity index (χ1n) is 6.38. The van der Waals surface area contributed by atoms with E-state index >= 15 is 0 Å². The van der Waals surface area contributed by atoms with Crippen LogP contribution in [0.15, 0.2) is 0 Å². The van der Waals surface area contributed by atoms with Crippen LogP contribution in [0.25, 0.3) is 0 Å². The van der Waals surface area contributed by atoms with Crippen molar-refractivity contribution < 1.29 is 9.53 Å². The molecule has 0 unspecified atom stereocenters. The molecule has 0 aliphatic carbocycles. The molecule has 104 valence electrons. The van der Waals surface area contributed by atoms with Gasteiger partial charge in [0.1, 0.15) is 0 Å². The molecule has 1 rings (SSSR count). The summed E-state index contributed by atoms with van der Waals surface area (Å²) in [6, 6.07) is 0.483. The zero-order valence-electron chi connectivity index (χ0n) is 11.1. The van der Waals surface area contributed by atoms with Gasteiger partial charge in [-0.3, -0.25) is 9.69 Å². The Labute approximate surface area is 114 Å². The van der Waals surface area contributed by atoms with Gasteiger partial charge in [-0.15, -0.1) is 0 Å². The molecule has 1 saturated heterocycles. The van der Waals surface area contributed by atoms with Gasteiger partial charge < -0.3 is 15.8 Å². The Balaban J connectivity index is 2.37. The molecule has 1 fully saturated rings. The maximum Gasteiger partial charge on any atom is 0.234 e. The summed E-state index contributed by atoms with van der Waals surface area (Å²) in [7, 11) is 0. The minimum absolute atomic E-state index is 0.0341. The number of nitrogens with one attached hydrogen (secondary N) is 1. The van der Waals surface area contributed by atoms with Gasteiger partial charge in [0.2, 0.25) is 5.91 Å². The first-order valence-corrected chi connectivity index (χ1v) is 6.79. The Kier molecular flexibility index (Phi) is 6.52. The Morgan fingerprint density at radius 3 is 2.56 bits per heavy atom. The lowest BCUT2D eigenvalue weighted by atomic mass is 10.1. The van der Waals surface area contributed by atoms with E-state index in [1.54, 1.807) is 0 Å². The van der Waals surface area contributed by atoms with Gasteiger partial charge in [-0.25, -0.2) is 0 Å². The second-order valence-corrected chi connectivity index (χ2v) is 5.44. The molecule has 1 amide bonds. The van der Waals surface area contributed by atoms with Gasteiger partial charge in [-0.1, -0.05) is 12.2 Å². The van der Waals surface area contributed by atoms with Crippen LogP contribution < -0.4 is 11.1 Å². The van der Waals surface area contributed by atoms with Crippen LogP contribution in [0.4, 0.5) is 0 Å². The van der Waals surface area contributed by atoms with Crippen molar-refractivity contribution in [1.29, 1.82) is 0 Å². The Hall–Kier alpha value is -0.720. The van der Waals surface area contributed by atoms with Gasteiger partial charge in [0.15, 0.2) is 0 Å². The van der Waals surface area contributed by atoms with E-state index in [2.05, 4.69) is 5.32 Å². The number of carbonyl (C=O) groups is 1. The molecule has 1 aliphatic heterocycles. The number of rotatable bonds is 6. The van der Waals surface area contributed by atoms with E-state index in [1.165, 1.54) is 0 Å². The molecule has 6 heteroatoms. The van der Waals surface area contributed by atoms with Crippen molar-refractivity contribution in [2.24, 2.45) is 5.73 Å². The van der Waals surface area contributed by atoms with Crippen molar-refractivity contribution in [1.82, 2.24) is 10.2 Å². The topological polar surface area (TPSA) is 67.6 Å². The highest BCUT2D eigenvalue weighted by molar-refractivity contribution is 7.80. The first kappa shape index (κ1) is 15.3. The average molecular weight is 273 g/mol. The second-order valence-electron chi connectivity index (χ2n) is 4.92. The number of carbonyl (C=O) groups excluding carboxylic acids is 1. The van der Waals surface area contributed by atoms with Gasteiger partial charge in [0.25, 0.3) is 0 Å². The van der Waals surface area contributed by atoms with Crippen molar-refractivity contribution in [3.8, 4) is 0 Å². The Bertz CT molecular complexity index is 291. The highest BCUT2D eigenvalue weighted by Crippen LogP contribution is 2.06. The lowest BCUT2D eigenvalue weighted by Crippen LogP contribution is -2.47. The molecule has 3 N–H and O–H groups in total. The summed E-state index contributed by atoms with van der Waals surface area (Å²) in [5.74, 6) is 0.0341. The van der Waals surface area contributed by atoms with E-state index in [0.29, 0.717) is 18.1 Å². The third kappa shape index (κ3) is 5.75. The van der Waals surface area contributed by atoms with Crippen molar-refractivity contribution in [3.05, 3.63) is 0 Å². The fourth-order valence-corrected chi connectivity index (χ4v) is 2.09. The molecular weight excluding hydrogens is 250 g/mol. The number of hydrogen-bond acceptors (Lipinski definition) is 4. The van der Waals surface area contributed by atoms with Crippen LogP contribution in [0.2, 0.25) is 0 Å². The van der Waals surface area contributed by atoms with Crippen molar-refractivity contribution in [3.63, 3.8) is 0 Å². The maximum absolute atomic E-state index is 11.9. The molecule has 0 aromatic carbocycles. The van der Waals surface area contributed by atoms with Gasteiger partial charge in [-0.2, -0.15) is 0 Å². The molecule has 0 spiro atoms. The molecule has 18 heavy (non-hydrogen) atoms. The molecule has 0 bridgehead atoms. The number of nitrogens with zero attached hydrogens (tertiary/aromatic N) is 1. The van der Waals surface area contributed by atoms with Crippen LogP contribution in [0.5, 0.6) is 0 Å². The van der Waals surface area contributed by atoms with Crippen molar-refractivity contribution >= 4 is 23.1 Å². The molecule has 0 saturated carbocycles. The van der Waals surface area contributed by atoms with Crippen molar-refractivity contribution in [2.45, 2.75) is 38.8 Å². The van der Waals surface area contributed by atoms with Crippen molar-refractivity contribution in [2.75, 3.05) is 26.3 Å². The molecular formula is C12H23N3O2S. The smallest absolute Gasteiger partial charge is 0.234 e. The quantitative estimate of drug-likeness (QED) is 0.680. The third-order valence-electron chi connectivity index (χ3n) is 3.02. The molecule has 0 atom stereocenters. The van der Waals surface area contributed by atoms with E-state index in [0.717, 1.165) is 26.1 Å². The summed E-state index contributed by atoms with van der Waals surface area (Å²) in [5, 5.41) is 3.03. The minimum Gasteiger partial charge on any atom is -0.392 e. The zero-order chi connectivity index (χ0) is 13.5. The second kappa shape index (κ2) is 7.66. The number of amides is 1. The standard InChI is InChI=1S/C12H23N3O2S/c1-9(2)15(7-11(13)18)8-12(16)14-10-3-5-17-6-4-10/h9-10H,3-8H2,1-2H3,(H2,13,18)(H,14,16). The fraction of sp³-hybridized carbons (Fsp3) is 0.833. The van der Waals surface area contributed by atoms with Gasteiger partial charge in [0.05, 0.1) is 11.5 Å². The van der Waals surface area contributed by atoms with Crippen LogP contribution in [-0.2, 0) is 9.53 Å². The predicted octanol–water partition coefficient (Wildman–Crippen LogP) is 0.278. The molecule has 0 aromatic heterocycles. The summed E-state index contributed by atoms with van der Waals surface area (Å²) in [5.41, 5.74) is 5.53. The van der Waals surface area contributed by atoms with E-state index in [4.69, 9.17) is 22.7 Å². The number of nitrogens with two attached hydrogens (primary N) is 1. The van der Waals surface area contributed by atoms with Crippen LogP contribution in [0.3, 0.4) is 0 Å². The van der Waals surface area contributed by atoms with Crippen LogP contribution in [-0.4, -0.2) is 54.2 Å². The van der Waals surface area contributed by atoms with E-state index < -0.39 is 0 Å². The zero-order valence-corrected chi connectivity index (χ0v) is 12.0. The highest BCUT2D eigenvalue weighted by Gasteiger charge is 2.19. The molecule has 0 radical (unpaired) electrons. The normalized spacial score (nSPS) is 17.1. The van der Waals surface area contributed by atoms with E-state index in [9.17, 15) is 4.79 Å². The SMILES string of the molecule is CC(C)N(CC(=O)NC1CCOCC1)CC(N)=S. The summed E-state index contributed by atoms with van der Waals surface area (Å²) in [6.45, 7) is 6.33. The number of ether oxygens (including phenoxy) is 1. The maximum atomic E-state index is 11.9. The van der Waals surface area contributed by atoms with E-state index in [1.807, 2.05) is 18.7 Å². The fourth-order valence-electron chi connectivity index (χ4n) is 1.92. The van der Waals surface area contributed by atoms with Gasteiger partial charge in [0, 0.05) is 31.8 Å². The Morgan fingerprint density at radius 2 is 2.06 bits per heavy atom. The van der Waals surface area contributed by atoms with Gasteiger partial charge in [-0.05, 0) is 26.7 Å². The van der Waals surface area contributed by atoms with E-state index in [-0.39, 0.29) is 18.0 Å². The summed E-state index contributed by atoms with van der Waals surface area (Å²) >= 11 is 4.89. The van der Waals surface area contributed by atoms with Crippen LogP contribution >= 0.6 is 12.2 Å². The molecule has 5 nitrogen and oxygen atoms in total. The summed E-state index contributed by atoms with van der Waals surface area (Å²) in [6.07, 6.45) is 1.78. The third-order valence-corrected chi connectivity index (χ3v) is 3.15. The largest absolute Gasteiger partial charge is 0.392 e. The summed E-state index contributed by atoms with van der Waals surface area (Å²) in [4.78, 5) is 14.3. The lowest BCUT2D eigenvalue weighted by molar-refractivity contribution is -0.123. The average Bonchev–Trinajstić information content (AvgIpc) is 2.28. The minimum atomic E-state index is 0.0341. The molecule has 1 aliphatic rings. The van der Waals surface area contributed by atoms with Crippen LogP contribution in [0, 0.1) is 0 Å². The number of hydrogen-bond donors (Lipinski definition) is 2. The summed E-state index contributed by atoms with van der Waals surface area (Å²) < 4.78 is 5.26. The lowest BCUT2D eigenvalue weighted by Gasteiger charge is -2.28. The monoisotopic (exact) mass is 273 g/mol.